The van der Waals surface area contributed by atoms with E-state index in [1.165, 1.54) is 6.92 Å². The third-order valence-corrected chi connectivity index (χ3v) is 0. The van der Waals surface area contributed by atoms with Gasteiger partial charge in [-0.3, -0.25) is 11.3 Å². The second-order valence-corrected chi connectivity index (χ2v) is 0.512. The molecule has 0 bridgehead atoms. The lowest BCUT2D eigenvalue weighted by Crippen LogP contribution is -2.13. The molecule has 0 unspecified atom stereocenters. The van der Waals surface area contributed by atoms with Crippen LogP contribution < -0.4 is 11.3 Å². The van der Waals surface area contributed by atoms with Crippen LogP contribution in [0.3, 0.4) is 0 Å². The average molecular weight is 87.1 g/mol. The van der Waals surface area contributed by atoms with Crippen molar-refractivity contribution in [2.24, 2.45) is 5.84 Å². The van der Waals surface area contributed by atoms with E-state index in [4.69, 9.17) is 5.26 Å². The van der Waals surface area contributed by atoms with E-state index in [2.05, 4.69) is 11.3 Å². The van der Waals surface area contributed by atoms with Gasteiger partial charge in [0.15, 0.2) is 0 Å². The molecule has 0 aromatic rings. The van der Waals surface area contributed by atoms with Gasteiger partial charge < -0.3 is 0 Å². The zero-order valence-corrected chi connectivity index (χ0v) is 4.02. The summed E-state index contributed by atoms with van der Waals surface area (Å²) in [6.07, 6.45) is 0. The number of hydrazine groups is 1. The van der Waals surface area contributed by atoms with Crippen LogP contribution in [0.5, 0.6) is 0 Å². The second kappa shape index (κ2) is 25.8. The molecule has 3 N–H and O–H groups in total. The minimum atomic E-state index is 1.43. The predicted molar refractivity (Wildman–Crippen MR) is 24.5 cm³/mol. The Morgan fingerprint density at radius 3 is 1.83 bits per heavy atom. The molecule has 0 heterocycles. The molecule has 0 atom stereocenters. The Balaban J connectivity index is 0. The van der Waals surface area contributed by atoms with Crippen LogP contribution in [0.15, 0.2) is 0 Å². The topological polar surface area (TPSA) is 61.8 Å². The molecule has 6 heavy (non-hydrogen) atoms. The standard InChI is InChI=1S/C2H3N.CH6N2/c1-2-3;1-3-2/h1H3;3H,2H2,1H3. The minimum Gasteiger partial charge on any atom is -0.272 e. The smallest absolute Gasteiger partial charge is 0.0587 e. The molecular formula is C3H9N3. The van der Waals surface area contributed by atoms with Crippen LogP contribution in [0.25, 0.3) is 0 Å². The van der Waals surface area contributed by atoms with E-state index in [-0.39, 0.29) is 0 Å². The Morgan fingerprint density at radius 2 is 1.83 bits per heavy atom. The van der Waals surface area contributed by atoms with E-state index < -0.39 is 0 Å². The van der Waals surface area contributed by atoms with Crippen molar-refractivity contribution in [2.75, 3.05) is 7.05 Å². The first-order chi connectivity index (χ1) is 2.83. The lowest BCUT2D eigenvalue weighted by atomic mass is 11.0. The van der Waals surface area contributed by atoms with Gasteiger partial charge in [0, 0.05) is 6.92 Å². The van der Waals surface area contributed by atoms with E-state index in [1.807, 2.05) is 0 Å². The van der Waals surface area contributed by atoms with Crippen molar-refractivity contribution in [1.82, 2.24) is 5.43 Å². The molecule has 0 aliphatic rings. The molecule has 0 aliphatic carbocycles. The third kappa shape index (κ3) is 56.9. The molecule has 0 amide bonds. The molecule has 36 valence electrons. The van der Waals surface area contributed by atoms with E-state index in [1.54, 1.807) is 13.1 Å². The Bertz CT molecular complexity index is 35.8. The Labute approximate surface area is 37.7 Å². The summed E-state index contributed by atoms with van der Waals surface area (Å²) in [4.78, 5) is 0. The average Bonchev–Trinajstić information content (AvgIpc) is 1.39. The molecule has 0 saturated heterocycles. The minimum absolute atomic E-state index is 1.43. The molecule has 0 aromatic carbocycles. The van der Waals surface area contributed by atoms with Crippen molar-refractivity contribution in [3.05, 3.63) is 0 Å². The predicted octanol–water partition coefficient (Wildman–Crippen LogP) is -0.391. The van der Waals surface area contributed by atoms with E-state index in [0.717, 1.165) is 0 Å². The van der Waals surface area contributed by atoms with Gasteiger partial charge in [0.2, 0.25) is 0 Å². The van der Waals surface area contributed by atoms with E-state index in [0.29, 0.717) is 0 Å². The molecule has 0 fully saturated rings. The first kappa shape index (κ1) is 9.05. The van der Waals surface area contributed by atoms with Crippen molar-refractivity contribution >= 4 is 0 Å². The molecule has 0 aromatic heterocycles. The van der Waals surface area contributed by atoms with Crippen molar-refractivity contribution in [1.29, 1.82) is 5.26 Å². The maximum absolute atomic E-state index is 7.32. The summed E-state index contributed by atoms with van der Waals surface area (Å²) in [6, 6.07) is 1.75. The number of hydrogen-bond acceptors (Lipinski definition) is 3. The highest BCUT2D eigenvalue weighted by Crippen LogP contribution is 1.21. The maximum Gasteiger partial charge on any atom is 0.0587 e. The van der Waals surface area contributed by atoms with Gasteiger partial charge in [-0.15, -0.1) is 0 Å². The van der Waals surface area contributed by atoms with Crippen LogP contribution in [0, 0.1) is 11.3 Å². The summed E-state index contributed by atoms with van der Waals surface area (Å²) in [5, 5.41) is 7.32. The van der Waals surface area contributed by atoms with Crippen LogP contribution in [-0.2, 0) is 0 Å². The molecule has 0 rings (SSSR count). The zero-order valence-electron chi connectivity index (χ0n) is 4.02. The van der Waals surface area contributed by atoms with Gasteiger partial charge in [-0.25, -0.2) is 0 Å². The van der Waals surface area contributed by atoms with E-state index in [9.17, 15) is 0 Å². The zero-order chi connectivity index (χ0) is 5.41. The van der Waals surface area contributed by atoms with Gasteiger partial charge in [0.05, 0.1) is 6.07 Å². The van der Waals surface area contributed by atoms with Gasteiger partial charge in [-0.2, -0.15) is 5.26 Å². The van der Waals surface area contributed by atoms with Crippen LogP contribution in [-0.4, -0.2) is 7.05 Å². The molecule has 0 aliphatic heterocycles. The van der Waals surface area contributed by atoms with Crippen molar-refractivity contribution in [3.63, 3.8) is 0 Å². The van der Waals surface area contributed by atoms with Gasteiger partial charge in [-0.1, -0.05) is 0 Å². The lowest BCUT2D eigenvalue weighted by Gasteiger charge is -1.62. The van der Waals surface area contributed by atoms with Gasteiger partial charge >= 0.3 is 0 Å². The highest BCUT2D eigenvalue weighted by Gasteiger charge is 1.22. The SMILES string of the molecule is CC#N.CNN. The number of nitrogens with one attached hydrogen (secondary N) is 1. The number of nitrogens with two attached hydrogens (primary N) is 1. The first-order valence-corrected chi connectivity index (χ1v) is 1.51. The largest absolute Gasteiger partial charge is 0.272 e. The monoisotopic (exact) mass is 87.1 g/mol. The fourth-order valence-corrected chi connectivity index (χ4v) is 0. The number of rotatable bonds is 0. The number of nitriles is 1. The van der Waals surface area contributed by atoms with Crippen LogP contribution in [0.1, 0.15) is 6.92 Å². The Kier molecular flexibility index (Phi) is 38.9. The summed E-state index contributed by atoms with van der Waals surface area (Å²) in [6.45, 7) is 1.43. The fraction of sp³-hybridized carbons (Fsp3) is 0.667. The van der Waals surface area contributed by atoms with Crippen molar-refractivity contribution < 1.29 is 0 Å². The summed E-state index contributed by atoms with van der Waals surface area (Å²) in [5.74, 6) is 4.60. The van der Waals surface area contributed by atoms with Gasteiger partial charge in [-0.05, 0) is 7.05 Å². The first-order valence-electron chi connectivity index (χ1n) is 1.51. The normalized spacial score (nSPS) is 4.33. The summed E-state index contributed by atoms with van der Waals surface area (Å²) >= 11 is 0. The quantitative estimate of drug-likeness (QED) is 0.312. The van der Waals surface area contributed by atoms with Crippen LogP contribution >= 0.6 is 0 Å². The van der Waals surface area contributed by atoms with Gasteiger partial charge in [0.25, 0.3) is 0 Å². The second-order valence-electron chi connectivity index (χ2n) is 0.512. The summed E-state index contributed by atoms with van der Waals surface area (Å²) in [7, 11) is 1.65. The number of hydrogen-bond donors (Lipinski definition) is 2. The fourth-order valence-electron chi connectivity index (χ4n) is 0. The molecule has 0 saturated carbocycles. The van der Waals surface area contributed by atoms with E-state index >= 15 is 0 Å². The van der Waals surface area contributed by atoms with Crippen LogP contribution in [0.4, 0.5) is 0 Å². The molecular weight excluding hydrogens is 78.1 g/mol. The third-order valence-electron chi connectivity index (χ3n) is 0. The molecule has 3 heteroatoms. The Hall–Kier alpha value is -0.590. The highest BCUT2D eigenvalue weighted by molar-refractivity contribution is 4.51. The molecule has 3 nitrogen and oxygen atoms in total. The molecule has 0 radical (unpaired) electrons. The van der Waals surface area contributed by atoms with Crippen molar-refractivity contribution in [2.45, 2.75) is 6.92 Å². The summed E-state index contributed by atoms with van der Waals surface area (Å²) < 4.78 is 0. The van der Waals surface area contributed by atoms with Gasteiger partial charge in [0.1, 0.15) is 0 Å². The maximum atomic E-state index is 7.32. The Morgan fingerprint density at radius 1 is 1.83 bits per heavy atom. The highest BCUT2D eigenvalue weighted by atomic mass is 15.2. The summed E-state index contributed by atoms with van der Waals surface area (Å²) in [5.41, 5.74) is 2.25. The lowest BCUT2D eigenvalue weighted by molar-refractivity contribution is 0.900. The number of nitrogens with zero attached hydrogens (tertiary/aromatic N) is 1. The molecule has 0 spiro atoms. The van der Waals surface area contributed by atoms with Crippen molar-refractivity contribution in [3.8, 4) is 6.07 Å². The van der Waals surface area contributed by atoms with Crippen LogP contribution in [0.2, 0.25) is 0 Å².